The Kier molecular flexibility index (Phi) is 5.86. The predicted octanol–water partition coefficient (Wildman–Crippen LogP) is -2.64. The Labute approximate surface area is 106 Å². The van der Waals surface area contributed by atoms with E-state index in [1.807, 2.05) is 0 Å². The monoisotopic (exact) mass is 265 g/mol. The SMILES string of the molecule is CC(C)(C)C(O)(C=O)C(O)C(O)C(O)C(O)CN. The van der Waals surface area contributed by atoms with Gasteiger partial charge in [0.15, 0.2) is 11.9 Å². The van der Waals surface area contributed by atoms with Crippen molar-refractivity contribution in [3.05, 3.63) is 0 Å². The van der Waals surface area contributed by atoms with Crippen molar-refractivity contribution in [2.75, 3.05) is 6.54 Å². The maximum atomic E-state index is 11.0. The smallest absolute Gasteiger partial charge is 0.154 e. The van der Waals surface area contributed by atoms with Gasteiger partial charge in [0.2, 0.25) is 0 Å². The molecule has 18 heavy (non-hydrogen) atoms. The number of rotatable bonds is 6. The van der Waals surface area contributed by atoms with Crippen LogP contribution < -0.4 is 5.73 Å². The van der Waals surface area contributed by atoms with E-state index in [-0.39, 0.29) is 12.8 Å². The summed E-state index contributed by atoms with van der Waals surface area (Å²) in [6.07, 6.45) is -6.98. The number of carbonyl (C=O) groups is 1. The number of carbonyl (C=O) groups excluding carboxylic acids is 1. The molecule has 0 rings (SSSR count). The summed E-state index contributed by atoms with van der Waals surface area (Å²) in [7, 11) is 0. The normalized spacial score (nSPS) is 22.7. The highest BCUT2D eigenvalue weighted by Crippen LogP contribution is 2.33. The van der Waals surface area contributed by atoms with Crippen molar-refractivity contribution in [3.63, 3.8) is 0 Å². The van der Waals surface area contributed by atoms with Crippen molar-refractivity contribution < 1.29 is 30.3 Å². The summed E-state index contributed by atoms with van der Waals surface area (Å²) in [4.78, 5) is 11.0. The van der Waals surface area contributed by atoms with Crippen LogP contribution in [0.1, 0.15) is 20.8 Å². The zero-order valence-electron chi connectivity index (χ0n) is 10.8. The lowest BCUT2D eigenvalue weighted by Gasteiger charge is -2.42. The van der Waals surface area contributed by atoms with Crippen LogP contribution in [0.4, 0.5) is 0 Å². The Bertz CT molecular complexity index is 279. The molecule has 0 aliphatic carbocycles. The summed E-state index contributed by atoms with van der Waals surface area (Å²) in [5.41, 5.74) is 1.77. The molecule has 0 saturated heterocycles. The van der Waals surface area contributed by atoms with Crippen LogP contribution in [0.25, 0.3) is 0 Å². The fourth-order valence-electron chi connectivity index (χ4n) is 1.50. The van der Waals surface area contributed by atoms with Gasteiger partial charge in [0.05, 0.1) is 6.10 Å². The van der Waals surface area contributed by atoms with Gasteiger partial charge in [-0.3, -0.25) is 0 Å². The fourth-order valence-corrected chi connectivity index (χ4v) is 1.50. The van der Waals surface area contributed by atoms with Crippen molar-refractivity contribution in [1.29, 1.82) is 0 Å². The van der Waals surface area contributed by atoms with Crippen molar-refractivity contribution >= 4 is 6.29 Å². The second-order valence-electron chi connectivity index (χ2n) is 5.42. The van der Waals surface area contributed by atoms with E-state index < -0.39 is 35.4 Å². The quantitative estimate of drug-likeness (QED) is 0.288. The van der Waals surface area contributed by atoms with Crippen LogP contribution in [0.2, 0.25) is 0 Å². The Morgan fingerprint density at radius 1 is 1.11 bits per heavy atom. The minimum Gasteiger partial charge on any atom is -0.389 e. The molecule has 0 heterocycles. The van der Waals surface area contributed by atoms with E-state index in [9.17, 15) is 30.3 Å². The maximum Gasteiger partial charge on any atom is 0.154 e. The maximum absolute atomic E-state index is 11.0. The molecule has 0 amide bonds. The van der Waals surface area contributed by atoms with Crippen molar-refractivity contribution in [3.8, 4) is 0 Å². The van der Waals surface area contributed by atoms with Gasteiger partial charge in [-0.25, -0.2) is 0 Å². The largest absolute Gasteiger partial charge is 0.389 e. The first-order valence-corrected chi connectivity index (χ1v) is 5.64. The number of hydrogen-bond acceptors (Lipinski definition) is 7. The molecule has 108 valence electrons. The first-order valence-electron chi connectivity index (χ1n) is 5.64. The second-order valence-corrected chi connectivity index (χ2v) is 5.42. The van der Waals surface area contributed by atoms with Crippen LogP contribution in [-0.4, -0.2) is 68.4 Å². The molecule has 0 aliphatic heterocycles. The Morgan fingerprint density at radius 3 is 1.83 bits per heavy atom. The third kappa shape index (κ3) is 3.25. The van der Waals surface area contributed by atoms with E-state index in [0.29, 0.717) is 0 Å². The van der Waals surface area contributed by atoms with E-state index in [4.69, 9.17) is 5.73 Å². The standard InChI is InChI=1S/C11H23NO6/c1-10(2,3)11(18,5-13)9(17)8(16)7(15)6(14)4-12/h5-9,14-18H,4,12H2,1-3H3. The van der Waals surface area contributed by atoms with Crippen molar-refractivity contribution in [2.45, 2.75) is 50.8 Å². The van der Waals surface area contributed by atoms with Gasteiger partial charge >= 0.3 is 0 Å². The van der Waals surface area contributed by atoms with E-state index >= 15 is 0 Å². The summed E-state index contributed by atoms with van der Waals surface area (Å²) in [6.45, 7) is 4.13. The molecule has 0 fully saturated rings. The lowest BCUT2D eigenvalue weighted by molar-refractivity contribution is -0.195. The second kappa shape index (κ2) is 6.05. The van der Waals surface area contributed by atoms with Crippen LogP contribution in [-0.2, 0) is 4.79 Å². The van der Waals surface area contributed by atoms with E-state index in [0.717, 1.165) is 0 Å². The Hall–Kier alpha value is -0.570. The Morgan fingerprint density at radius 2 is 1.56 bits per heavy atom. The van der Waals surface area contributed by atoms with Crippen molar-refractivity contribution in [2.24, 2.45) is 11.1 Å². The molecule has 0 aromatic rings. The molecule has 0 aliphatic rings. The van der Waals surface area contributed by atoms with Crippen LogP contribution in [0, 0.1) is 5.41 Å². The molecular formula is C11H23NO6. The molecule has 0 saturated carbocycles. The molecule has 7 heteroatoms. The minimum absolute atomic E-state index is 0.114. The van der Waals surface area contributed by atoms with Gasteiger partial charge in [0.1, 0.15) is 18.3 Å². The minimum atomic E-state index is -2.26. The average molecular weight is 265 g/mol. The van der Waals surface area contributed by atoms with E-state index in [1.54, 1.807) is 0 Å². The summed E-state index contributed by atoms with van der Waals surface area (Å²) in [5.74, 6) is 0. The van der Waals surface area contributed by atoms with Crippen LogP contribution in [0.5, 0.6) is 0 Å². The summed E-state index contributed by atoms with van der Waals surface area (Å²) >= 11 is 0. The first kappa shape index (κ1) is 17.4. The van der Waals surface area contributed by atoms with Crippen LogP contribution >= 0.6 is 0 Å². The van der Waals surface area contributed by atoms with E-state index in [2.05, 4.69) is 0 Å². The van der Waals surface area contributed by atoms with Gasteiger partial charge in [-0.1, -0.05) is 20.8 Å². The lowest BCUT2D eigenvalue weighted by atomic mass is 9.71. The number of nitrogens with two attached hydrogens (primary N) is 1. The Balaban J connectivity index is 5.13. The predicted molar refractivity (Wildman–Crippen MR) is 63.6 cm³/mol. The fraction of sp³-hybridized carbons (Fsp3) is 0.909. The third-order valence-electron chi connectivity index (χ3n) is 3.14. The number of aldehydes is 1. The van der Waals surface area contributed by atoms with Crippen LogP contribution in [0.3, 0.4) is 0 Å². The summed E-state index contributed by atoms with van der Waals surface area (Å²) in [6, 6.07) is 0. The molecule has 5 atom stereocenters. The van der Waals surface area contributed by atoms with Crippen LogP contribution in [0.15, 0.2) is 0 Å². The van der Waals surface area contributed by atoms with Gasteiger partial charge in [0.25, 0.3) is 0 Å². The third-order valence-corrected chi connectivity index (χ3v) is 3.14. The first-order chi connectivity index (χ1) is 8.02. The highest BCUT2D eigenvalue weighted by molar-refractivity contribution is 5.65. The molecule has 0 aromatic heterocycles. The highest BCUT2D eigenvalue weighted by Gasteiger charge is 2.51. The molecular weight excluding hydrogens is 242 g/mol. The van der Waals surface area contributed by atoms with Crippen molar-refractivity contribution in [1.82, 2.24) is 0 Å². The van der Waals surface area contributed by atoms with Gasteiger partial charge in [-0.2, -0.15) is 0 Å². The molecule has 7 nitrogen and oxygen atoms in total. The van der Waals surface area contributed by atoms with E-state index in [1.165, 1.54) is 20.8 Å². The number of aliphatic hydroxyl groups is 5. The number of hydrogen-bond donors (Lipinski definition) is 6. The molecule has 0 bridgehead atoms. The van der Waals surface area contributed by atoms with Gasteiger partial charge in [-0.15, -0.1) is 0 Å². The number of aliphatic hydroxyl groups excluding tert-OH is 4. The highest BCUT2D eigenvalue weighted by atomic mass is 16.4. The molecule has 0 aromatic carbocycles. The molecule has 0 radical (unpaired) electrons. The molecule has 5 unspecified atom stereocenters. The summed E-state index contributed by atoms with van der Waals surface area (Å²) in [5, 5.41) is 48.4. The molecule has 7 N–H and O–H groups in total. The van der Waals surface area contributed by atoms with Gasteiger partial charge < -0.3 is 36.1 Å². The lowest BCUT2D eigenvalue weighted by Crippen LogP contribution is -2.62. The topological polar surface area (TPSA) is 144 Å². The zero-order chi connectivity index (χ0) is 14.7. The molecule has 0 spiro atoms. The zero-order valence-corrected chi connectivity index (χ0v) is 10.8. The van der Waals surface area contributed by atoms with Gasteiger partial charge in [0, 0.05) is 12.0 Å². The average Bonchev–Trinajstić information content (AvgIpc) is 2.32. The van der Waals surface area contributed by atoms with Gasteiger partial charge in [-0.05, 0) is 0 Å². The summed E-state index contributed by atoms with van der Waals surface area (Å²) < 4.78 is 0.